The summed E-state index contributed by atoms with van der Waals surface area (Å²) in [7, 11) is -4.02. The zero-order valence-electron chi connectivity index (χ0n) is 22.0. The van der Waals surface area contributed by atoms with Gasteiger partial charge < -0.3 is 14.9 Å². The van der Waals surface area contributed by atoms with E-state index >= 15 is 0 Å². The van der Waals surface area contributed by atoms with Crippen LogP contribution in [0.25, 0.3) is 11.1 Å². The molecule has 0 spiro atoms. The van der Waals surface area contributed by atoms with Crippen LogP contribution in [-0.4, -0.2) is 42.8 Å². The zero-order valence-corrected chi connectivity index (χ0v) is 22.8. The van der Waals surface area contributed by atoms with E-state index in [9.17, 15) is 22.7 Å². The first-order valence-corrected chi connectivity index (χ1v) is 14.8. The molecule has 212 valence electrons. The molecule has 4 rings (SSSR count). The minimum atomic E-state index is -4.02. The molecule has 0 aliphatic heterocycles. The van der Waals surface area contributed by atoms with Crippen LogP contribution in [0.1, 0.15) is 37.7 Å². The molecular formula is C31H34FNO6S. The van der Waals surface area contributed by atoms with Crippen LogP contribution in [0.2, 0.25) is 0 Å². The Bertz CT molecular complexity index is 1380. The predicted molar refractivity (Wildman–Crippen MR) is 150 cm³/mol. The Morgan fingerprint density at radius 2 is 1.65 bits per heavy atom. The van der Waals surface area contributed by atoms with Gasteiger partial charge in [0.1, 0.15) is 5.82 Å². The summed E-state index contributed by atoms with van der Waals surface area (Å²) in [6.45, 7) is 0.294. The molecule has 7 nitrogen and oxygen atoms in total. The van der Waals surface area contributed by atoms with E-state index in [4.69, 9.17) is 9.84 Å². The van der Waals surface area contributed by atoms with Crippen molar-refractivity contribution in [3.8, 4) is 11.1 Å². The Morgan fingerprint density at radius 3 is 2.33 bits per heavy atom. The van der Waals surface area contributed by atoms with Crippen LogP contribution in [0.15, 0.2) is 95.9 Å². The van der Waals surface area contributed by atoms with Crippen LogP contribution in [0, 0.1) is 11.7 Å². The van der Waals surface area contributed by atoms with Gasteiger partial charge in [0.05, 0.1) is 29.8 Å². The molecule has 9 heteroatoms. The van der Waals surface area contributed by atoms with Crippen LogP contribution in [0.5, 0.6) is 0 Å². The fraction of sp³-hybridized carbons (Fsp3) is 0.323. The van der Waals surface area contributed by atoms with Crippen molar-refractivity contribution in [1.29, 1.82) is 0 Å². The fourth-order valence-electron chi connectivity index (χ4n) is 4.96. The van der Waals surface area contributed by atoms with Gasteiger partial charge in [-0.05, 0) is 60.2 Å². The first-order valence-electron chi connectivity index (χ1n) is 13.3. The summed E-state index contributed by atoms with van der Waals surface area (Å²) in [6, 6.07) is 21.7. The van der Waals surface area contributed by atoms with Gasteiger partial charge in [0.2, 0.25) is 10.0 Å². The Labute approximate surface area is 234 Å². The van der Waals surface area contributed by atoms with Gasteiger partial charge in [0, 0.05) is 18.8 Å². The summed E-state index contributed by atoms with van der Waals surface area (Å²) in [6.07, 6.45) is 4.17. The van der Waals surface area contributed by atoms with E-state index in [0.29, 0.717) is 25.9 Å². The molecule has 0 heterocycles. The van der Waals surface area contributed by atoms with E-state index in [1.807, 2.05) is 66.7 Å². The molecule has 1 aliphatic rings. The number of hydrogen-bond donors (Lipinski definition) is 3. The van der Waals surface area contributed by atoms with Gasteiger partial charge in [-0.3, -0.25) is 4.79 Å². The highest BCUT2D eigenvalue weighted by atomic mass is 32.2. The molecule has 0 unspecified atom stereocenters. The number of rotatable bonds is 13. The minimum absolute atomic E-state index is 0.0708. The van der Waals surface area contributed by atoms with Crippen molar-refractivity contribution in [3.05, 3.63) is 102 Å². The smallest absolute Gasteiger partial charge is 0.303 e. The number of allylic oxidation sites excluding steroid dienone is 2. The third kappa shape index (κ3) is 8.08. The fourth-order valence-corrected chi connectivity index (χ4v) is 6.28. The summed E-state index contributed by atoms with van der Waals surface area (Å²) < 4.78 is 48.3. The van der Waals surface area contributed by atoms with Crippen LogP contribution in [-0.2, 0) is 26.2 Å². The lowest BCUT2D eigenvalue weighted by Gasteiger charge is -2.25. The van der Waals surface area contributed by atoms with E-state index in [1.54, 1.807) is 0 Å². The first-order chi connectivity index (χ1) is 19.2. The number of carboxylic acid groups (broad SMARTS) is 1. The Balaban J connectivity index is 1.45. The predicted octanol–water partition coefficient (Wildman–Crippen LogP) is 5.31. The topological polar surface area (TPSA) is 113 Å². The lowest BCUT2D eigenvalue weighted by atomic mass is 9.97. The number of carbonyl (C=O) groups is 1. The van der Waals surface area contributed by atoms with Crippen LogP contribution in [0.4, 0.5) is 4.39 Å². The molecule has 0 saturated heterocycles. The maximum Gasteiger partial charge on any atom is 0.303 e. The van der Waals surface area contributed by atoms with E-state index in [2.05, 4.69) is 4.72 Å². The lowest BCUT2D eigenvalue weighted by Crippen LogP contribution is -2.44. The number of aliphatic hydroxyl groups is 1. The Morgan fingerprint density at radius 1 is 0.975 bits per heavy atom. The summed E-state index contributed by atoms with van der Waals surface area (Å²) in [5, 5.41) is 19.7. The normalized spacial score (nSPS) is 21.1. The van der Waals surface area contributed by atoms with Crippen molar-refractivity contribution in [2.24, 2.45) is 5.92 Å². The third-order valence-electron chi connectivity index (χ3n) is 7.10. The number of aliphatic carboxylic acids is 1. The lowest BCUT2D eigenvalue weighted by molar-refractivity contribution is -0.137. The molecular weight excluding hydrogens is 533 g/mol. The number of hydrogen-bond acceptors (Lipinski definition) is 5. The average Bonchev–Trinajstić information content (AvgIpc) is 3.23. The Kier molecular flexibility index (Phi) is 10.2. The standard InChI is InChI=1S/C31H34FNO6S/c32-25-16-18-26(19-17-25)40(37,38)33-31-27(10-6-1-2-7-11-30(35)36)29(20-28(31)34)39-21-22-12-14-24(15-13-22)23-8-4-3-5-9-23/h1,3-6,8-9,12-19,27-29,31,33-34H,2,7,10-11,20-21H2,(H,35,36)/t27-,28+,29-,31+/m0/s1. The van der Waals surface area contributed by atoms with E-state index < -0.39 is 40.1 Å². The van der Waals surface area contributed by atoms with Gasteiger partial charge in [-0.15, -0.1) is 0 Å². The molecule has 4 atom stereocenters. The van der Waals surface area contributed by atoms with Gasteiger partial charge in [0.15, 0.2) is 0 Å². The third-order valence-corrected chi connectivity index (χ3v) is 8.58. The second kappa shape index (κ2) is 13.8. The number of carboxylic acids is 1. The monoisotopic (exact) mass is 567 g/mol. The number of aliphatic hydroxyl groups excluding tert-OH is 1. The van der Waals surface area contributed by atoms with Crippen molar-refractivity contribution in [1.82, 2.24) is 4.72 Å². The Hall–Kier alpha value is -3.37. The van der Waals surface area contributed by atoms with Gasteiger partial charge >= 0.3 is 5.97 Å². The van der Waals surface area contributed by atoms with Crippen LogP contribution < -0.4 is 4.72 Å². The summed E-state index contributed by atoms with van der Waals surface area (Å²) in [5.41, 5.74) is 3.15. The quantitative estimate of drug-likeness (QED) is 0.191. The first kappa shape index (κ1) is 29.6. The minimum Gasteiger partial charge on any atom is -0.481 e. The summed E-state index contributed by atoms with van der Waals surface area (Å²) in [5.74, 6) is -1.77. The molecule has 0 aromatic heterocycles. The number of ether oxygens (including phenoxy) is 1. The van der Waals surface area contributed by atoms with Crippen molar-refractivity contribution in [2.75, 3.05) is 0 Å². The molecule has 1 aliphatic carbocycles. The highest BCUT2D eigenvalue weighted by Gasteiger charge is 2.44. The number of nitrogens with one attached hydrogen (secondary N) is 1. The molecule has 3 aromatic rings. The number of halogens is 1. The molecule has 0 radical (unpaired) electrons. The second-order valence-electron chi connectivity index (χ2n) is 9.97. The van der Waals surface area contributed by atoms with Gasteiger partial charge in [-0.2, -0.15) is 0 Å². The maximum absolute atomic E-state index is 13.3. The molecule has 0 bridgehead atoms. The van der Waals surface area contributed by atoms with Crippen molar-refractivity contribution < 1.29 is 32.6 Å². The second-order valence-corrected chi connectivity index (χ2v) is 11.7. The van der Waals surface area contributed by atoms with Crippen molar-refractivity contribution in [2.45, 2.75) is 61.9 Å². The van der Waals surface area contributed by atoms with E-state index in [-0.39, 0.29) is 23.7 Å². The van der Waals surface area contributed by atoms with Crippen molar-refractivity contribution >= 4 is 16.0 Å². The largest absolute Gasteiger partial charge is 0.481 e. The van der Waals surface area contributed by atoms with E-state index in [0.717, 1.165) is 28.8 Å². The number of benzene rings is 3. The number of unbranched alkanes of at least 4 members (excludes halogenated alkanes) is 1. The molecule has 3 aromatic carbocycles. The molecule has 3 N–H and O–H groups in total. The number of sulfonamides is 1. The summed E-state index contributed by atoms with van der Waals surface area (Å²) in [4.78, 5) is 10.7. The van der Waals surface area contributed by atoms with Crippen molar-refractivity contribution in [3.63, 3.8) is 0 Å². The molecule has 40 heavy (non-hydrogen) atoms. The highest BCUT2D eigenvalue weighted by Crippen LogP contribution is 2.34. The zero-order chi connectivity index (χ0) is 28.5. The van der Waals surface area contributed by atoms with Crippen LogP contribution in [0.3, 0.4) is 0 Å². The maximum atomic E-state index is 13.3. The highest BCUT2D eigenvalue weighted by molar-refractivity contribution is 7.89. The molecule has 0 amide bonds. The van der Waals surface area contributed by atoms with Gasteiger partial charge in [0.25, 0.3) is 0 Å². The van der Waals surface area contributed by atoms with E-state index in [1.165, 1.54) is 12.1 Å². The molecule has 1 fully saturated rings. The SMILES string of the molecule is O=C(O)CCCC=CC[C@@H]1[C@@H](NS(=O)(=O)c2ccc(F)cc2)[C@H](O)C[C@@H]1OCc1ccc(-c2ccccc2)cc1. The molecule has 1 saturated carbocycles. The van der Waals surface area contributed by atoms with Gasteiger partial charge in [-0.1, -0.05) is 66.7 Å². The summed E-state index contributed by atoms with van der Waals surface area (Å²) >= 11 is 0. The van der Waals surface area contributed by atoms with Crippen LogP contribution >= 0.6 is 0 Å². The average molecular weight is 568 g/mol. The van der Waals surface area contributed by atoms with Gasteiger partial charge in [-0.25, -0.2) is 17.5 Å².